The molecule has 1 unspecified atom stereocenters. The molecule has 1 saturated heterocycles. The zero-order valence-corrected chi connectivity index (χ0v) is 16.0. The molecule has 0 aliphatic carbocycles. The van der Waals surface area contributed by atoms with Gasteiger partial charge in [0.05, 0.1) is 19.2 Å². The van der Waals surface area contributed by atoms with Crippen molar-refractivity contribution in [3.63, 3.8) is 0 Å². The molecule has 2 aromatic rings. The minimum absolute atomic E-state index is 0.000533. The Morgan fingerprint density at radius 1 is 1.36 bits per heavy atom. The van der Waals surface area contributed by atoms with Gasteiger partial charge in [-0.25, -0.2) is 14.6 Å². The van der Waals surface area contributed by atoms with Crippen molar-refractivity contribution in [2.45, 2.75) is 25.3 Å². The first-order valence-corrected chi connectivity index (χ1v) is 9.53. The molecule has 1 aliphatic rings. The topological polar surface area (TPSA) is 121 Å². The Morgan fingerprint density at radius 3 is 2.93 bits per heavy atom. The highest BCUT2D eigenvalue weighted by Gasteiger charge is 2.33. The van der Waals surface area contributed by atoms with E-state index in [0.29, 0.717) is 41.6 Å². The normalized spacial score (nSPS) is 15.9. The minimum atomic E-state index is -0.985. The van der Waals surface area contributed by atoms with Crippen molar-refractivity contribution in [2.24, 2.45) is 0 Å². The molecule has 0 radical (unpaired) electrons. The van der Waals surface area contributed by atoms with Gasteiger partial charge in [0.25, 0.3) is 0 Å². The Labute approximate surface area is 165 Å². The molecule has 0 spiro atoms. The zero-order valence-electron chi connectivity index (χ0n) is 15.2. The quantitative estimate of drug-likeness (QED) is 0.680. The Morgan fingerprint density at radius 2 is 2.18 bits per heavy atom. The number of aromatic nitrogens is 1. The number of hydrogen-bond donors (Lipinski definition) is 3. The molecule has 148 valence electrons. The molecule has 3 rings (SSSR count). The van der Waals surface area contributed by atoms with Crippen LogP contribution in [0.1, 0.15) is 18.5 Å². The highest BCUT2D eigenvalue weighted by atomic mass is 32.1. The van der Waals surface area contributed by atoms with Crippen molar-refractivity contribution >= 4 is 40.1 Å². The van der Waals surface area contributed by atoms with Crippen molar-refractivity contribution in [3.05, 3.63) is 35.3 Å². The van der Waals surface area contributed by atoms with Crippen molar-refractivity contribution in [2.75, 3.05) is 24.3 Å². The number of likely N-dealkylation sites (tertiary alicyclic amines) is 1. The summed E-state index contributed by atoms with van der Waals surface area (Å²) in [7, 11) is 1.54. The fourth-order valence-corrected chi connectivity index (χ4v) is 3.69. The number of benzene rings is 1. The van der Waals surface area contributed by atoms with Gasteiger partial charge in [0.15, 0.2) is 5.13 Å². The second-order valence-electron chi connectivity index (χ2n) is 6.22. The molecule has 0 bridgehead atoms. The summed E-state index contributed by atoms with van der Waals surface area (Å²) in [4.78, 5) is 41.3. The number of urea groups is 1. The molecule has 3 amide bonds. The summed E-state index contributed by atoms with van der Waals surface area (Å²) in [6.07, 6.45) is 1.14. The number of rotatable bonds is 6. The van der Waals surface area contributed by atoms with Crippen molar-refractivity contribution in [1.29, 1.82) is 0 Å². The molecule has 0 saturated carbocycles. The van der Waals surface area contributed by atoms with Crippen LogP contribution < -0.4 is 15.4 Å². The molecule has 1 aromatic carbocycles. The minimum Gasteiger partial charge on any atom is -0.497 e. The fourth-order valence-electron chi connectivity index (χ4n) is 2.98. The Hall–Kier alpha value is -3.14. The van der Waals surface area contributed by atoms with Gasteiger partial charge in [-0.1, -0.05) is 6.07 Å². The lowest BCUT2D eigenvalue weighted by Gasteiger charge is -2.20. The van der Waals surface area contributed by atoms with E-state index in [4.69, 9.17) is 4.74 Å². The fraction of sp³-hybridized carbons (Fsp3) is 0.333. The largest absolute Gasteiger partial charge is 0.497 e. The average Bonchev–Trinajstić information content (AvgIpc) is 3.31. The lowest BCUT2D eigenvalue weighted by Crippen LogP contribution is -2.41. The smallest absolute Gasteiger partial charge is 0.326 e. The number of anilines is 2. The van der Waals surface area contributed by atoms with Crippen LogP contribution in [-0.4, -0.2) is 52.6 Å². The first-order valence-electron chi connectivity index (χ1n) is 8.65. The number of thiazole rings is 1. The Bertz CT molecular complexity index is 884. The maximum absolute atomic E-state index is 12.4. The summed E-state index contributed by atoms with van der Waals surface area (Å²) >= 11 is 1.19. The van der Waals surface area contributed by atoms with Crippen molar-refractivity contribution in [1.82, 2.24) is 9.88 Å². The van der Waals surface area contributed by atoms with E-state index in [9.17, 15) is 19.5 Å². The zero-order chi connectivity index (χ0) is 20.1. The number of carboxylic acid groups (broad SMARTS) is 1. The third-order valence-corrected chi connectivity index (χ3v) is 5.10. The number of aliphatic carboxylic acids is 1. The molecule has 3 N–H and O–H groups in total. The molecule has 1 aromatic heterocycles. The third-order valence-electron chi connectivity index (χ3n) is 4.29. The van der Waals surface area contributed by atoms with E-state index in [-0.39, 0.29) is 12.3 Å². The van der Waals surface area contributed by atoms with Gasteiger partial charge >= 0.3 is 12.0 Å². The predicted octanol–water partition coefficient (Wildman–Crippen LogP) is 2.41. The van der Waals surface area contributed by atoms with Gasteiger partial charge in [0.2, 0.25) is 5.91 Å². The average molecular weight is 404 g/mol. The van der Waals surface area contributed by atoms with Crippen LogP contribution in [0, 0.1) is 0 Å². The van der Waals surface area contributed by atoms with Gasteiger partial charge in [-0.3, -0.25) is 10.1 Å². The third kappa shape index (κ3) is 4.77. The highest BCUT2D eigenvalue weighted by Crippen LogP contribution is 2.21. The molecule has 10 heteroatoms. The van der Waals surface area contributed by atoms with Crippen molar-refractivity contribution in [3.8, 4) is 5.75 Å². The lowest BCUT2D eigenvalue weighted by atomic mass is 10.2. The van der Waals surface area contributed by atoms with E-state index in [1.165, 1.54) is 16.2 Å². The second kappa shape index (κ2) is 8.70. The van der Waals surface area contributed by atoms with E-state index in [0.717, 1.165) is 0 Å². The van der Waals surface area contributed by atoms with Gasteiger partial charge in [-0.2, -0.15) is 0 Å². The van der Waals surface area contributed by atoms with E-state index in [1.807, 2.05) is 0 Å². The van der Waals surface area contributed by atoms with E-state index in [1.54, 1.807) is 36.8 Å². The SMILES string of the molecule is COc1cccc(NC(=O)Nc2nc(CC(=O)N3CCCC3C(=O)O)cs2)c1. The van der Waals surface area contributed by atoms with Crippen LogP contribution in [-0.2, 0) is 16.0 Å². The number of nitrogens with one attached hydrogen (secondary N) is 2. The van der Waals surface area contributed by atoms with Crippen LogP contribution in [0.4, 0.5) is 15.6 Å². The second-order valence-corrected chi connectivity index (χ2v) is 7.07. The summed E-state index contributed by atoms with van der Waals surface area (Å²) in [6.45, 7) is 0.438. The summed E-state index contributed by atoms with van der Waals surface area (Å²) in [6, 6.07) is 5.69. The number of hydrogen-bond acceptors (Lipinski definition) is 6. The summed E-state index contributed by atoms with van der Waals surface area (Å²) < 4.78 is 5.10. The van der Waals surface area contributed by atoms with Gasteiger partial charge in [-0.15, -0.1) is 11.3 Å². The first kappa shape index (κ1) is 19.6. The van der Waals surface area contributed by atoms with E-state index >= 15 is 0 Å². The van der Waals surface area contributed by atoms with Gasteiger partial charge in [0.1, 0.15) is 11.8 Å². The number of carbonyl (C=O) groups is 3. The van der Waals surface area contributed by atoms with Gasteiger partial charge in [0, 0.05) is 23.7 Å². The van der Waals surface area contributed by atoms with E-state index < -0.39 is 18.0 Å². The number of carbonyl (C=O) groups excluding carboxylic acids is 2. The maximum atomic E-state index is 12.4. The number of nitrogens with zero attached hydrogens (tertiary/aromatic N) is 2. The number of ether oxygens (including phenoxy) is 1. The van der Waals surface area contributed by atoms with E-state index in [2.05, 4.69) is 15.6 Å². The molecule has 28 heavy (non-hydrogen) atoms. The Balaban J connectivity index is 1.55. The molecule has 1 atom stereocenters. The summed E-state index contributed by atoms with van der Waals surface area (Å²) in [5.41, 5.74) is 1.06. The molecule has 9 nitrogen and oxygen atoms in total. The molecule has 2 heterocycles. The van der Waals surface area contributed by atoms with Crippen LogP contribution in [0.5, 0.6) is 5.75 Å². The summed E-state index contributed by atoms with van der Waals surface area (Å²) in [5, 5.41) is 16.5. The van der Waals surface area contributed by atoms with Crippen molar-refractivity contribution < 1.29 is 24.2 Å². The lowest BCUT2D eigenvalue weighted by molar-refractivity contribution is -0.148. The monoisotopic (exact) mass is 404 g/mol. The summed E-state index contributed by atoms with van der Waals surface area (Å²) in [5.74, 6) is -0.641. The predicted molar refractivity (Wildman–Crippen MR) is 104 cm³/mol. The molecule has 1 aliphatic heterocycles. The van der Waals surface area contributed by atoms with Crippen LogP contribution in [0.2, 0.25) is 0 Å². The van der Waals surface area contributed by atoms with Crippen LogP contribution >= 0.6 is 11.3 Å². The van der Waals surface area contributed by atoms with Crippen LogP contribution in [0.25, 0.3) is 0 Å². The number of carboxylic acids is 1. The van der Waals surface area contributed by atoms with Gasteiger partial charge in [-0.05, 0) is 25.0 Å². The molecular weight excluding hydrogens is 384 g/mol. The highest BCUT2D eigenvalue weighted by molar-refractivity contribution is 7.14. The molecular formula is C18H20N4O5S. The van der Waals surface area contributed by atoms with Crippen LogP contribution in [0.3, 0.4) is 0 Å². The maximum Gasteiger partial charge on any atom is 0.326 e. The molecule has 1 fully saturated rings. The number of methoxy groups -OCH3 is 1. The number of amides is 3. The van der Waals surface area contributed by atoms with Crippen LogP contribution in [0.15, 0.2) is 29.6 Å². The Kier molecular flexibility index (Phi) is 6.09. The standard InChI is InChI=1S/C18H20N4O5S/c1-27-13-5-2-4-11(8-13)19-17(26)21-18-20-12(10-28-18)9-15(23)22-7-3-6-14(22)16(24)25/h2,4-5,8,10,14H,3,6-7,9H2,1H3,(H,24,25)(H2,19,20,21,26). The first-order chi connectivity index (χ1) is 13.5. The van der Waals surface area contributed by atoms with Gasteiger partial charge < -0.3 is 20.1 Å².